The quantitative estimate of drug-likeness (QED) is 0.600. The summed E-state index contributed by atoms with van der Waals surface area (Å²) in [4.78, 5) is 44.6. The van der Waals surface area contributed by atoms with Crippen molar-refractivity contribution in [2.24, 2.45) is 0 Å². The lowest BCUT2D eigenvalue weighted by Crippen LogP contribution is -2.54. The van der Waals surface area contributed by atoms with Gasteiger partial charge in [-0.25, -0.2) is 19.2 Å². The van der Waals surface area contributed by atoms with E-state index in [1.807, 2.05) is 0 Å². The van der Waals surface area contributed by atoms with Crippen molar-refractivity contribution >= 4 is 23.9 Å². The van der Waals surface area contributed by atoms with Gasteiger partial charge in [-0.1, -0.05) is 6.07 Å². The Morgan fingerprint density at radius 2 is 1.58 bits per heavy atom. The monoisotopic (exact) mass is 264 g/mol. The van der Waals surface area contributed by atoms with Crippen molar-refractivity contribution in [2.45, 2.75) is 12.3 Å². The van der Waals surface area contributed by atoms with Gasteiger partial charge in [0.05, 0.1) is 11.1 Å². The SMILES string of the molecule is CC1(c2ccc(C(=O)O)c(C(=O)O)c2)C(=O)OC1=O. The van der Waals surface area contributed by atoms with E-state index in [1.165, 1.54) is 13.0 Å². The van der Waals surface area contributed by atoms with Crippen molar-refractivity contribution in [1.82, 2.24) is 0 Å². The van der Waals surface area contributed by atoms with E-state index >= 15 is 0 Å². The fourth-order valence-corrected chi connectivity index (χ4v) is 1.78. The third-order valence-corrected chi connectivity index (χ3v) is 3.06. The highest BCUT2D eigenvalue weighted by Crippen LogP contribution is 2.35. The molecule has 1 saturated heterocycles. The zero-order valence-electron chi connectivity index (χ0n) is 9.67. The highest BCUT2D eigenvalue weighted by Gasteiger charge is 2.56. The van der Waals surface area contributed by atoms with E-state index in [-0.39, 0.29) is 5.56 Å². The molecule has 1 aromatic carbocycles. The average molecular weight is 264 g/mol. The van der Waals surface area contributed by atoms with Crippen molar-refractivity contribution in [3.05, 3.63) is 34.9 Å². The minimum Gasteiger partial charge on any atom is -0.478 e. The number of hydrogen-bond acceptors (Lipinski definition) is 5. The Kier molecular flexibility index (Phi) is 2.62. The summed E-state index contributed by atoms with van der Waals surface area (Å²) in [5, 5.41) is 17.8. The molecular weight excluding hydrogens is 256 g/mol. The second-order valence-electron chi connectivity index (χ2n) is 4.17. The van der Waals surface area contributed by atoms with Gasteiger partial charge in [0, 0.05) is 0 Å². The molecule has 7 heteroatoms. The van der Waals surface area contributed by atoms with Gasteiger partial charge in [-0.2, -0.15) is 0 Å². The molecule has 19 heavy (non-hydrogen) atoms. The highest BCUT2D eigenvalue weighted by molar-refractivity contribution is 6.19. The largest absolute Gasteiger partial charge is 0.478 e. The summed E-state index contributed by atoms with van der Waals surface area (Å²) >= 11 is 0. The van der Waals surface area contributed by atoms with Crippen LogP contribution >= 0.6 is 0 Å². The molecule has 0 aromatic heterocycles. The number of aromatic carboxylic acids is 2. The molecular formula is C12H8O7. The van der Waals surface area contributed by atoms with Gasteiger partial charge in [0.1, 0.15) is 0 Å². The number of cyclic esters (lactones) is 2. The van der Waals surface area contributed by atoms with Gasteiger partial charge >= 0.3 is 23.9 Å². The third-order valence-electron chi connectivity index (χ3n) is 3.06. The van der Waals surface area contributed by atoms with E-state index < -0.39 is 40.4 Å². The Morgan fingerprint density at radius 3 is 2.00 bits per heavy atom. The summed E-state index contributed by atoms with van der Waals surface area (Å²) in [6.07, 6.45) is 0. The first-order chi connectivity index (χ1) is 8.78. The lowest BCUT2D eigenvalue weighted by Gasteiger charge is -2.33. The van der Waals surface area contributed by atoms with Crippen molar-refractivity contribution in [3.63, 3.8) is 0 Å². The predicted molar refractivity (Wildman–Crippen MR) is 58.8 cm³/mol. The number of carboxylic acid groups (broad SMARTS) is 2. The smallest absolute Gasteiger partial charge is 0.336 e. The molecule has 0 amide bonds. The van der Waals surface area contributed by atoms with Crippen LogP contribution in [-0.2, 0) is 19.7 Å². The first kappa shape index (κ1) is 12.7. The molecule has 98 valence electrons. The highest BCUT2D eigenvalue weighted by atomic mass is 16.6. The van der Waals surface area contributed by atoms with Crippen molar-refractivity contribution in [1.29, 1.82) is 0 Å². The minimum absolute atomic E-state index is 0.0937. The maximum absolute atomic E-state index is 11.4. The van der Waals surface area contributed by atoms with Crippen LogP contribution in [0, 0.1) is 0 Å². The number of benzene rings is 1. The molecule has 0 spiro atoms. The Hall–Kier alpha value is -2.70. The van der Waals surface area contributed by atoms with Crippen molar-refractivity contribution < 1.29 is 34.1 Å². The molecule has 2 N–H and O–H groups in total. The van der Waals surface area contributed by atoms with Gasteiger partial charge in [0.2, 0.25) is 0 Å². The van der Waals surface area contributed by atoms with Gasteiger partial charge < -0.3 is 14.9 Å². The van der Waals surface area contributed by atoms with Crippen LogP contribution in [0.1, 0.15) is 33.2 Å². The van der Waals surface area contributed by atoms with E-state index in [0.29, 0.717) is 0 Å². The Balaban J connectivity index is 2.59. The number of carbonyl (C=O) groups excluding carboxylic acids is 2. The van der Waals surface area contributed by atoms with Crippen LogP contribution in [0.3, 0.4) is 0 Å². The molecule has 0 radical (unpaired) electrons. The number of ether oxygens (including phenoxy) is 1. The van der Waals surface area contributed by atoms with Crippen LogP contribution < -0.4 is 0 Å². The van der Waals surface area contributed by atoms with Crippen molar-refractivity contribution in [2.75, 3.05) is 0 Å². The first-order valence-corrected chi connectivity index (χ1v) is 5.16. The molecule has 1 fully saturated rings. The Bertz CT molecular complexity index is 615. The molecule has 7 nitrogen and oxygen atoms in total. The standard InChI is InChI=1S/C12H8O7/c1-12(10(17)19-11(12)18)5-2-3-6(8(13)14)7(4-5)9(15)16/h2-4H,1H3,(H,13,14)(H,15,16). The number of carbonyl (C=O) groups is 4. The molecule has 1 aromatic rings. The molecule has 2 rings (SSSR count). The molecule has 0 bridgehead atoms. The molecule has 0 atom stereocenters. The summed E-state index contributed by atoms with van der Waals surface area (Å²) in [6, 6.07) is 3.28. The molecule has 1 aliphatic rings. The summed E-state index contributed by atoms with van der Waals surface area (Å²) in [5.74, 6) is -4.45. The van der Waals surface area contributed by atoms with E-state index in [0.717, 1.165) is 12.1 Å². The molecule has 0 aliphatic carbocycles. The maximum Gasteiger partial charge on any atom is 0.336 e. The lowest BCUT2D eigenvalue weighted by molar-refractivity contribution is -0.186. The zero-order valence-corrected chi connectivity index (χ0v) is 9.67. The molecule has 0 saturated carbocycles. The van der Waals surface area contributed by atoms with Gasteiger partial charge in [-0.3, -0.25) is 0 Å². The van der Waals surface area contributed by atoms with Gasteiger partial charge in [0.25, 0.3) is 0 Å². The molecule has 1 aliphatic heterocycles. The second kappa shape index (κ2) is 3.91. The lowest BCUT2D eigenvalue weighted by atomic mass is 9.78. The summed E-state index contributed by atoms with van der Waals surface area (Å²) in [6.45, 7) is 1.29. The number of hydrogen-bond donors (Lipinski definition) is 2. The van der Waals surface area contributed by atoms with Gasteiger partial charge in [-0.05, 0) is 24.6 Å². The molecule has 1 heterocycles. The van der Waals surface area contributed by atoms with Crippen LogP contribution in [0.4, 0.5) is 0 Å². The number of esters is 2. The zero-order chi connectivity index (χ0) is 14.4. The van der Waals surface area contributed by atoms with Gasteiger partial charge in [-0.15, -0.1) is 0 Å². The third kappa shape index (κ3) is 1.67. The molecule has 0 unspecified atom stereocenters. The minimum atomic E-state index is -1.57. The Labute approximate surface area is 106 Å². The van der Waals surface area contributed by atoms with Crippen LogP contribution in [0.15, 0.2) is 18.2 Å². The van der Waals surface area contributed by atoms with Crippen molar-refractivity contribution in [3.8, 4) is 0 Å². The summed E-state index contributed by atoms with van der Waals surface area (Å²) in [5.41, 5.74) is -2.38. The number of rotatable bonds is 3. The number of carboxylic acids is 2. The first-order valence-electron chi connectivity index (χ1n) is 5.16. The van der Waals surface area contributed by atoms with E-state index in [4.69, 9.17) is 10.2 Å². The topological polar surface area (TPSA) is 118 Å². The van der Waals surface area contributed by atoms with E-state index in [1.54, 1.807) is 0 Å². The van der Waals surface area contributed by atoms with Crippen LogP contribution in [0.2, 0.25) is 0 Å². The summed E-state index contributed by atoms with van der Waals surface area (Å²) in [7, 11) is 0. The normalized spacial score (nSPS) is 16.5. The fourth-order valence-electron chi connectivity index (χ4n) is 1.78. The van der Waals surface area contributed by atoms with E-state index in [2.05, 4.69) is 4.74 Å². The predicted octanol–water partition coefficient (Wildman–Crippen LogP) is 0.424. The second-order valence-corrected chi connectivity index (χ2v) is 4.17. The summed E-state index contributed by atoms with van der Waals surface area (Å²) < 4.78 is 4.25. The van der Waals surface area contributed by atoms with Gasteiger partial charge in [0.15, 0.2) is 5.41 Å². The van der Waals surface area contributed by atoms with Crippen LogP contribution in [0.5, 0.6) is 0 Å². The van der Waals surface area contributed by atoms with E-state index in [9.17, 15) is 19.2 Å². The fraction of sp³-hybridized carbons (Fsp3) is 0.167. The average Bonchev–Trinajstić information content (AvgIpc) is 2.37. The maximum atomic E-state index is 11.4. The van der Waals surface area contributed by atoms with Crippen LogP contribution in [0.25, 0.3) is 0 Å². The Morgan fingerprint density at radius 1 is 1.05 bits per heavy atom. The van der Waals surface area contributed by atoms with Crippen LogP contribution in [-0.4, -0.2) is 34.1 Å².